The Labute approximate surface area is 161 Å². The number of aryl methyl sites for hydroxylation is 3. The maximum Gasteiger partial charge on any atom is 0.208 e. The molecule has 6 nitrogen and oxygen atoms in total. The lowest BCUT2D eigenvalue weighted by atomic mass is 9.97. The van der Waals surface area contributed by atoms with Crippen molar-refractivity contribution in [1.82, 2.24) is 9.88 Å². The number of anilines is 1. The summed E-state index contributed by atoms with van der Waals surface area (Å²) in [6.07, 6.45) is 3.26. The Morgan fingerprint density at radius 3 is 2.78 bits per heavy atom. The Bertz CT molecular complexity index is 755. The van der Waals surface area contributed by atoms with Crippen molar-refractivity contribution in [2.24, 2.45) is 16.6 Å². The summed E-state index contributed by atoms with van der Waals surface area (Å²) in [4.78, 5) is 11.4. The third kappa shape index (κ3) is 5.57. The maximum atomic E-state index is 6.07. The van der Waals surface area contributed by atoms with Gasteiger partial charge in [0.15, 0.2) is 5.96 Å². The van der Waals surface area contributed by atoms with E-state index < -0.39 is 0 Å². The summed E-state index contributed by atoms with van der Waals surface area (Å²) in [7, 11) is 0. The molecule has 1 aromatic heterocycles. The summed E-state index contributed by atoms with van der Waals surface area (Å²) in [6.45, 7) is 9.77. The van der Waals surface area contributed by atoms with Crippen LogP contribution in [0.1, 0.15) is 42.7 Å². The van der Waals surface area contributed by atoms with Gasteiger partial charge in [0.1, 0.15) is 5.76 Å². The molecule has 3 rings (SSSR count). The highest BCUT2D eigenvalue weighted by atomic mass is 16.4. The van der Waals surface area contributed by atoms with E-state index in [-0.39, 0.29) is 0 Å². The van der Waals surface area contributed by atoms with Gasteiger partial charge in [0.05, 0.1) is 12.2 Å². The van der Waals surface area contributed by atoms with E-state index >= 15 is 0 Å². The lowest BCUT2D eigenvalue weighted by Gasteiger charge is -2.30. The Morgan fingerprint density at radius 2 is 2.11 bits per heavy atom. The minimum atomic E-state index is 0.497. The van der Waals surface area contributed by atoms with Gasteiger partial charge in [-0.15, -0.1) is 0 Å². The number of aliphatic imine (C=N–C) groups is 1. The third-order valence-electron chi connectivity index (χ3n) is 5.27. The first-order valence-electron chi connectivity index (χ1n) is 9.84. The molecule has 0 atom stereocenters. The molecule has 3 N–H and O–H groups in total. The number of piperidine rings is 1. The Kier molecular flexibility index (Phi) is 6.50. The van der Waals surface area contributed by atoms with Crippen molar-refractivity contribution in [3.05, 3.63) is 47.2 Å². The number of hydrogen-bond donors (Lipinski definition) is 2. The summed E-state index contributed by atoms with van der Waals surface area (Å²) in [5, 5.41) is 3.20. The Hall–Kier alpha value is -2.34. The van der Waals surface area contributed by atoms with Crippen LogP contribution in [-0.2, 0) is 13.0 Å². The number of nitrogens with two attached hydrogens (primary N) is 1. The highest BCUT2D eigenvalue weighted by Gasteiger charge is 2.20. The van der Waals surface area contributed by atoms with Crippen molar-refractivity contribution in [1.29, 1.82) is 0 Å². The molecule has 0 amide bonds. The van der Waals surface area contributed by atoms with Crippen molar-refractivity contribution in [2.75, 3.05) is 25.0 Å². The predicted molar refractivity (Wildman–Crippen MR) is 110 cm³/mol. The van der Waals surface area contributed by atoms with Crippen LogP contribution in [0.3, 0.4) is 0 Å². The van der Waals surface area contributed by atoms with Gasteiger partial charge in [-0.25, -0.2) is 4.98 Å². The highest BCUT2D eigenvalue weighted by molar-refractivity contribution is 5.92. The van der Waals surface area contributed by atoms with Crippen LogP contribution >= 0.6 is 0 Å². The van der Waals surface area contributed by atoms with Gasteiger partial charge in [-0.3, -0.25) is 9.89 Å². The van der Waals surface area contributed by atoms with Gasteiger partial charge in [0.25, 0.3) is 0 Å². The van der Waals surface area contributed by atoms with Crippen molar-refractivity contribution in [3.8, 4) is 0 Å². The zero-order valence-electron chi connectivity index (χ0n) is 16.7. The molecule has 1 aromatic carbocycles. The van der Waals surface area contributed by atoms with Crippen LogP contribution in [0.5, 0.6) is 0 Å². The van der Waals surface area contributed by atoms with Gasteiger partial charge in [0.2, 0.25) is 5.89 Å². The first kappa shape index (κ1) is 19.4. The second-order valence-electron chi connectivity index (χ2n) is 7.37. The molecule has 1 saturated heterocycles. The maximum absolute atomic E-state index is 6.07. The molecule has 0 aliphatic carbocycles. The summed E-state index contributed by atoms with van der Waals surface area (Å²) >= 11 is 0. The fraction of sp³-hybridized carbons (Fsp3) is 0.524. The van der Waals surface area contributed by atoms with Crippen molar-refractivity contribution < 1.29 is 4.42 Å². The number of hydrogen-bond acceptors (Lipinski definition) is 4. The third-order valence-corrected chi connectivity index (χ3v) is 5.27. The number of nitrogens with one attached hydrogen (secondary N) is 1. The number of rotatable bonds is 6. The van der Waals surface area contributed by atoms with E-state index in [1.807, 2.05) is 26.0 Å². The SMILES string of the molecule is CCc1cccc(NC(N)=NCC2CCN(Cc3nc(C)c(C)o3)CC2)c1. The highest BCUT2D eigenvalue weighted by Crippen LogP contribution is 2.20. The summed E-state index contributed by atoms with van der Waals surface area (Å²) in [5.74, 6) is 2.82. The lowest BCUT2D eigenvalue weighted by Crippen LogP contribution is -2.34. The summed E-state index contributed by atoms with van der Waals surface area (Å²) in [5.41, 5.74) is 9.35. The molecule has 0 spiro atoms. The van der Waals surface area contributed by atoms with Crippen LogP contribution in [0.15, 0.2) is 33.7 Å². The van der Waals surface area contributed by atoms with E-state index in [0.29, 0.717) is 11.9 Å². The molecular formula is C21H31N5O. The molecular weight excluding hydrogens is 338 g/mol. The molecule has 1 aliphatic rings. The molecule has 1 aliphatic heterocycles. The van der Waals surface area contributed by atoms with Crippen molar-refractivity contribution >= 4 is 11.6 Å². The quantitative estimate of drug-likeness (QED) is 0.602. The van der Waals surface area contributed by atoms with Crippen LogP contribution < -0.4 is 11.1 Å². The van der Waals surface area contributed by atoms with E-state index in [4.69, 9.17) is 10.2 Å². The second kappa shape index (κ2) is 9.04. The molecule has 0 unspecified atom stereocenters. The van der Waals surface area contributed by atoms with E-state index in [1.165, 1.54) is 5.56 Å². The zero-order chi connectivity index (χ0) is 19.2. The molecule has 6 heteroatoms. The first-order chi connectivity index (χ1) is 13.0. The molecule has 146 valence electrons. The fourth-order valence-electron chi connectivity index (χ4n) is 3.41. The second-order valence-corrected chi connectivity index (χ2v) is 7.37. The molecule has 1 fully saturated rings. The van der Waals surface area contributed by atoms with E-state index in [1.54, 1.807) is 0 Å². The Balaban J connectivity index is 1.43. The predicted octanol–water partition coefficient (Wildman–Crippen LogP) is 3.49. The van der Waals surface area contributed by atoms with Crippen LogP contribution in [0.4, 0.5) is 5.69 Å². The molecule has 0 saturated carbocycles. The number of benzene rings is 1. The standard InChI is InChI=1S/C21H31N5O/c1-4-17-6-5-7-19(12-17)25-21(22)23-13-18-8-10-26(11-9-18)14-20-24-15(2)16(3)27-20/h5-7,12,18H,4,8-11,13-14H2,1-3H3,(H3,22,23,25). The first-order valence-corrected chi connectivity index (χ1v) is 9.84. The number of guanidine groups is 1. The summed E-state index contributed by atoms with van der Waals surface area (Å²) < 4.78 is 5.70. The van der Waals surface area contributed by atoms with Gasteiger partial charge in [-0.05, 0) is 69.8 Å². The smallest absolute Gasteiger partial charge is 0.208 e. The minimum Gasteiger partial charge on any atom is -0.444 e. The normalized spacial score (nSPS) is 16.6. The van der Waals surface area contributed by atoms with Gasteiger partial charge in [-0.2, -0.15) is 0 Å². The van der Waals surface area contributed by atoms with Crippen LogP contribution in [0.25, 0.3) is 0 Å². The largest absolute Gasteiger partial charge is 0.444 e. The van der Waals surface area contributed by atoms with Gasteiger partial charge >= 0.3 is 0 Å². The van der Waals surface area contributed by atoms with Crippen molar-refractivity contribution in [2.45, 2.75) is 46.6 Å². The zero-order valence-corrected chi connectivity index (χ0v) is 16.7. The van der Waals surface area contributed by atoms with Gasteiger partial charge in [0, 0.05) is 12.2 Å². The molecule has 0 bridgehead atoms. The van der Waals surface area contributed by atoms with E-state index in [2.05, 4.69) is 39.2 Å². The summed E-state index contributed by atoms with van der Waals surface area (Å²) in [6, 6.07) is 8.30. The van der Waals surface area contributed by atoms with Crippen LogP contribution in [0, 0.1) is 19.8 Å². The average Bonchev–Trinajstić information content (AvgIpc) is 2.98. The van der Waals surface area contributed by atoms with E-state index in [0.717, 1.165) is 68.5 Å². The van der Waals surface area contributed by atoms with Crippen LogP contribution in [0.2, 0.25) is 0 Å². The van der Waals surface area contributed by atoms with E-state index in [9.17, 15) is 0 Å². The number of nitrogens with zero attached hydrogens (tertiary/aromatic N) is 3. The molecule has 0 radical (unpaired) electrons. The van der Waals surface area contributed by atoms with Crippen molar-refractivity contribution in [3.63, 3.8) is 0 Å². The van der Waals surface area contributed by atoms with Gasteiger partial charge in [-0.1, -0.05) is 19.1 Å². The average molecular weight is 370 g/mol. The fourth-order valence-corrected chi connectivity index (χ4v) is 3.41. The monoisotopic (exact) mass is 369 g/mol. The Morgan fingerprint density at radius 1 is 1.33 bits per heavy atom. The molecule has 27 heavy (non-hydrogen) atoms. The van der Waals surface area contributed by atoms with Gasteiger partial charge < -0.3 is 15.5 Å². The topological polar surface area (TPSA) is 79.7 Å². The molecule has 2 aromatic rings. The number of likely N-dealkylation sites (tertiary alicyclic amines) is 1. The number of oxazole rings is 1. The lowest BCUT2D eigenvalue weighted by molar-refractivity contribution is 0.166. The minimum absolute atomic E-state index is 0.497. The van der Waals surface area contributed by atoms with Crippen LogP contribution in [-0.4, -0.2) is 35.5 Å². The number of aromatic nitrogens is 1. The molecule has 2 heterocycles.